The molecule has 2 N–H and O–H groups in total. The number of hydrogen-bond donors (Lipinski definition) is 2. The van der Waals surface area contributed by atoms with Gasteiger partial charge in [0, 0.05) is 31.4 Å². The molecule has 0 aliphatic carbocycles. The number of rotatable bonds is 7. The number of piperazine rings is 1. The van der Waals surface area contributed by atoms with Gasteiger partial charge in [0.2, 0.25) is 5.91 Å². The highest BCUT2D eigenvalue weighted by molar-refractivity contribution is 5.99. The van der Waals surface area contributed by atoms with Crippen molar-refractivity contribution in [2.45, 2.75) is 6.54 Å². The van der Waals surface area contributed by atoms with Gasteiger partial charge in [0.1, 0.15) is 5.56 Å². The van der Waals surface area contributed by atoms with Gasteiger partial charge in [0.15, 0.2) is 11.5 Å². The van der Waals surface area contributed by atoms with Crippen LogP contribution in [-0.2, 0) is 11.3 Å². The maximum absolute atomic E-state index is 12.6. The number of anilines is 1. The summed E-state index contributed by atoms with van der Waals surface area (Å²) in [6.07, 6.45) is 0. The smallest absolute Gasteiger partial charge is 0.286 e. The maximum Gasteiger partial charge on any atom is 0.286 e. The van der Waals surface area contributed by atoms with Crippen LogP contribution in [0.25, 0.3) is 0 Å². The third-order valence-electron chi connectivity index (χ3n) is 4.74. The lowest BCUT2D eigenvalue weighted by molar-refractivity contribution is -0.385. The number of hydrogen-bond acceptors (Lipinski definition) is 7. The Kier molecular flexibility index (Phi) is 6.35. The highest BCUT2D eigenvalue weighted by atomic mass is 16.6. The molecule has 1 aliphatic heterocycles. The van der Waals surface area contributed by atoms with Gasteiger partial charge in [0.25, 0.3) is 11.6 Å². The molecule has 1 fully saturated rings. The Morgan fingerprint density at radius 1 is 1.20 bits per heavy atom. The fraction of sp³-hybridized carbons (Fsp3) is 0.300. The summed E-state index contributed by atoms with van der Waals surface area (Å²) in [4.78, 5) is 36.8. The van der Waals surface area contributed by atoms with Gasteiger partial charge >= 0.3 is 0 Å². The van der Waals surface area contributed by atoms with Crippen LogP contribution in [0, 0.1) is 10.1 Å². The first-order valence-corrected chi connectivity index (χ1v) is 9.22. The summed E-state index contributed by atoms with van der Waals surface area (Å²) in [7, 11) is 2.75. The van der Waals surface area contributed by atoms with Crippen molar-refractivity contribution in [2.24, 2.45) is 0 Å². The zero-order valence-corrected chi connectivity index (χ0v) is 16.6. The van der Waals surface area contributed by atoms with E-state index in [2.05, 4.69) is 10.6 Å². The first-order valence-electron chi connectivity index (χ1n) is 9.22. The topological polar surface area (TPSA) is 123 Å². The molecule has 10 nitrogen and oxygen atoms in total. The summed E-state index contributed by atoms with van der Waals surface area (Å²) < 4.78 is 10.2. The zero-order chi connectivity index (χ0) is 21.7. The van der Waals surface area contributed by atoms with Crippen LogP contribution in [0.4, 0.5) is 11.4 Å². The van der Waals surface area contributed by atoms with E-state index in [4.69, 9.17) is 9.47 Å². The number of nitrogens with one attached hydrogen (secondary N) is 2. The van der Waals surface area contributed by atoms with Crippen LogP contribution in [-0.4, -0.2) is 50.6 Å². The van der Waals surface area contributed by atoms with Crippen molar-refractivity contribution >= 4 is 23.2 Å². The standard InChI is InChI=1S/C20H22N4O6/c1-29-17-9-15(16(24(27)28)10-18(17)30-2)20(26)22-11-13-3-5-14(6-4-13)23-8-7-21-19(25)12-23/h3-6,9-10H,7-8,11-12H2,1-2H3,(H,21,25)(H,22,26). The lowest BCUT2D eigenvalue weighted by Gasteiger charge is -2.28. The average molecular weight is 414 g/mol. The molecule has 0 aromatic heterocycles. The Morgan fingerprint density at radius 2 is 1.87 bits per heavy atom. The predicted octanol–water partition coefficient (Wildman–Crippen LogP) is 1.48. The first kappa shape index (κ1) is 20.9. The van der Waals surface area contributed by atoms with E-state index in [1.54, 1.807) is 0 Å². The molecule has 30 heavy (non-hydrogen) atoms. The molecule has 1 saturated heterocycles. The Balaban J connectivity index is 1.71. The second-order valence-electron chi connectivity index (χ2n) is 6.60. The summed E-state index contributed by atoms with van der Waals surface area (Å²) in [5.74, 6) is -0.223. The first-order chi connectivity index (χ1) is 14.4. The number of carbonyl (C=O) groups excluding carboxylic acids is 2. The van der Waals surface area contributed by atoms with Gasteiger partial charge in [-0.25, -0.2) is 0 Å². The van der Waals surface area contributed by atoms with Crippen LogP contribution in [0.5, 0.6) is 11.5 Å². The monoisotopic (exact) mass is 414 g/mol. The van der Waals surface area contributed by atoms with Crippen LogP contribution in [0.15, 0.2) is 36.4 Å². The largest absolute Gasteiger partial charge is 0.493 e. The van der Waals surface area contributed by atoms with E-state index in [9.17, 15) is 19.7 Å². The van der Waals surface area contributed by atoms with Crippen molar-refractivity contribution in [1.29, 1.82) is 0 Å². The Bertz CT molecular complexity index is 961. The summed E-state index contributed by atoms with van der Waals surface area (Å²) in [5, 5.41) is 16.8. The molecule has 2 aromatic carbocycles. The van der Waals surface area contributed by atoms with E-state index in [-0.39, 0.29) is 35.2 Å². The molecule has 1 aliphatic rings. The lowest BCUT2D eigenvalue weighted by Crippen LogP contribution is -2.47. The number of nitro groups is 1. The maximum atomic E-state index is 12.6. The second kappa shape index (κ2) is 9.12. The van der Waals surface area contributed by atoms with Crippen LogP contribution in [0.1, 0.15) is 15.9 Å². The summed E-state index contributed by atoms with van der Waals surface area (Å²) >= 11 is 0. The minimum absolute atomic E-state index is 0.0193. The van der Waals surface area contributed by atoms with Crippen LogP contribution >= 0.6 is 0 Å². The molecule has 0 atom stereocenters. The number of carbonyl (C=O) groups is 2. The lowest BCUT2D eigenvalue weighted by atomic mass is 10.1. The number of methoxy groups -OCH3 is 2. The van der Waals surface area contributed by atoms with Crippen LogP contribution in [0.2, 0.25) is 0 Å². The number of ether oxygens (including phenoxy) is 2. The van der Waals surface area contributed by atoms with Gasteiger partial charge in [-0.2, -0.15) is 0 Å². The highest BCUT2D eigenvalue weighted by Crippen LogP contribution is 2.34. The number of nitro benzene ring substituents is 1. The van der Waals surface area contributed by atoms with E-state index < -0.39 is 10.8 Å². The summed E-state index contributed by atoms with van der Waals surface area (Å²) in [5.41, 5.74) is 1.24. The van der Waals surface area contributed by atoms with Gasteiger partial charge in [-0.1, -0.05) is 12.1 Å². The van der Waals surface area contributed by atoms with Crippen molar-refractivity contribution in [3.63, 3.8) is 0 Å². The molecule has 1 heterocycles. The molecule has 0 spiro atoms. The molecule has 2 aromatic rings. The van der Waals surface area contributed by atoms with Crippen molar-refractivity contribution in [1.82, 2.24) is 10.6 Å². The minimum atomic E-state index is -0.638. The predicted molar refractivity (Wildman–Crippen MR) is 109 cm³/mol. The third kappa shape index (κ3) is 4.59. The quantitative estimate of drug-likeness (QED) is 0.520. The van der Waals surface area contributed by atoms with Gasteiger partial charge < -0.3 is 25.0 Å². The van der Waals surface area contributed by atoms with Crippen molar-refractivity contribution in [3.8, 4) is 11.5 Å². The molecule has 0 bridgehead atoms. The molecule has 158 valence electrons. The van der Waals surface area contributed by atoms with Gasteiger partial charge in [-0.3, -0.25) is 19.7 Å². The van der Waals surface area contributed by atoms with Crippen molar-refractivity contribution in [2.75, 3.05) is 38.8 Å². The van der Waals surface area contributed by atoms with Gasteiger partial charge in [-0.05, 0) is 17.7 Å². The molecule has 2 amide bonds. The fourth-order valence-electron chi connectivity index (χ4n) is 3.16. The average Bonchev–Trinajstić information content (AvgIpc) is 2.76. The van der Waals surface area contributed by atoms with E-state index in [1.807, 2.05) is 29.2 Å². The van der Waals surface area contributed by atoms with Crippen LogP contribution in [0.3, 0.4) is 0 Å². The third-order valence-corrected chi connectivity index (χ3v) is 4.74. The highest BCUT2D eigenvalue weighted by Gasteiger charge is 2.24. The fourth-order valence-corrected chi connectivity index (χ4v) is 3.16. The molecule has 3 rings (SSSR count). The van der Waals surface area contributed by atoms with E-state index in [0.29, 0.717) is 13.1 Å². The summed E-state index contributed by atoms with van der Waals surface area (Å²) in [6.45, 7) is 1.82. The Hall–Kier alpha value is -3.82. The van der Waals surface area contributed by atoms with Crippen LogP contribution < -0.4 is 25.0 Å². The molecule has 0 saturated carbocycles. The Morgan fingerprint density at radius 3 is 2.47 bits per heavy atom. The number of nitrogens with zero attached hydrogens (tertiary/aromatic N) is 2. The summed E-state index contributed by atoms with van der Waals surface area (Å²) in [6, 6.07) is 9.88. The molecule has 10 heteroatoms. The molecular weight excluding hydrogens is 392 g/mol. The second-order valence-corrected chi connectivity index (χ2v) is 6.60. The van der Waals surface area contributed by atoms with E-state index >= 15 is 0 Å². The molecule has 0 unspecified atom stereocenters. The minimum Gasteiger partial charge on any atom is -0.493 e. The molecule has 0 radical (unpaired) electrons. The number of benzene rings is 2. The molecular formula is C20H22N4O6. The van der Waals surface area contributed by atoms with Gasteiger partial charge in [0.05, 0.1) is 31.8 Å². The normalized spacial score (nSPS) is 13.4. The van der Waals surface area contributed by atoms with E-state index in [0.717, 1.165) is 23.9 Å². The van der Waals surface area contributed by atoms with E-state index in [1.165, 1.54) is 20.3 Å². The van der Waals surface area contributed by atoms with Gasteiger partial charge in [-0.15, -0.1) is 0 Å². The SMILES string of the molecule is COc1cc(C(=O)NCc2ccc(N3CCNC(=O)C3)cc2)c([N+](=O)[O-])cc1OC. The van der Waals surface area contributed by atoms with Crippen molar-refractivity contribution in [3.05, 3.63) is 57.6 Å². The van der Waals surface area contributed by atoms with Crippen molar-refractivity contribution < 1.29 is 24.0 Å². The number of amides is 2. The zero-order valence-electron chi connectivity index (χ0n) is 16.6. The Labute approximate surface area is 172 Å².